The number of carbonyl (C=O) groups is 2. The number of ether oxygens (including phenoxy) is 1. The van der Waals surface area contributed by atoms with Crippen LogP contribution in [0.15, 0.2) is 24.3 Å². The molecule has 7 heteroatoms. The number of amides is 2. The first kappa shape index (κ1) is 12.0. The highest BCUT2D eigenvalue weighted by molar-refractivity contribution is 5.94. The van der Waals surface area contributed by atoms with Crippen molar-refractivity contribution in [2.24, 2.45) is 0 Å². The smallest absolute Gasteiger partial charge is 0.410 e. The number of imide groups is 1. The van der Waals surface area contributed by atoms with Gasteiger partial charge in [0.15, 0.2) is 0 Å². The summed E-state index contributed by atoms with van der Waals surface area (Å²) in [7, 11) is 0. The number of rotatable bonds is 2. The molecule has 1 aromatic carbocycles. The molecule has 94 valence electrons. The second-order valence-corrected chi connectivity index (χ2v) is 3.77. The number of non-ortho nitro benzene ring substituents is 1. The molecule has 0 unspecified atom stereocenters. The maximum atomic E-state index is 11.6. The molecule has 1 aliphatic rings. The standard InChI is InChI=1S/C11H10N2O5/c14-10-5-2-6-12(10)11(15)18-9-4-1-3-8(7-9)13(16)17/h1,3-4,7H,2,5-6H2. The molecule has 1 aliphatic heterocycles. The molecule has 0 atom stereocenters. The van der Waals surface area contributed by atoms with E-state index in [9.17, 15) is 19.7 Å². The van der Waals surface area contributed by atoms with Crippen LogP contribution >= 0.6 is 0 Å². The van der Waals surface area contributed by atoms with E-state index < -0.39 is 11.0 Å². The minimum Gasteiger partial charge on any atom is -0.410 e. The van der Waals surface area contributed by atoms with Gasteiger partial charge in [0.2, 0.25) is 5.91 Å². The van der Waals surface area contributed by atoms with Crippen LogP contribution in [0.1, 0.15) is 12.8 Å². The predicted molar refractivity (Wildman–Crippen MR) is 60.1 cm³/mol. The lowest BCUT2D eigenvalue weighted by Crippen LogP contribution is -2.34. The van der Waals surface area contributed by atoms with E-state index in [1.54, 1.807) is 0 Å². The summed E-state index contributed by atoms with van der Waals surface area (Å²) < 4.78 is 4.92. The molecule has 1 saturated heterocycles. The summed E-state index contributed by atoms with van der Waals surface area (Å²) in [5.74, 6) is -0.237. The lowest BCUT2D eigenvalue weighted by molar-refractivity contribution is -0.384. The van der Waals surface area contributed by atoms with Crippen molar-refractivity contribution in [3.05, 3.63) is 34.4 Å². The lowest BCUT2D eigenvalue weighted by Gasteiger charge is -2.12. The minimum atomic E-state index is -0.794. The summed E-state index contributed by atoms with van der Waals surface area (Å²) in [4.78, 5) is 33.9. The van der Waals surface area contributed by atoms with E-state index in [1.165, 1.54) is 18.2 Å². The maximum absolute atomic E-state index is 11.6. The first-order chi connectivity index (χ1) is 8.58. The Morgan fingerprint density at radius 1 is 1.44 bits per heavy atom. The van der Waals surface area contributed by atoms with Gasteiger partial charge in [0.25, 0.3) is 5.69 Å². The Kier molecular flexibility index (Phi) is 3.22. The quantitative estimate of drug-likeness (QED) is 0.588. The van der Waals surface area contributed by atoms with E-state index in [4.69, 9.17) is 4.74 Å². The van der Waals surface area contributed by atoms with E-state index in [-0.39, 0.29) is 17.3 Å². The molecule has 0 bridgehead atoms. The second-order valence-electron chi connectivity index (χ2n) is 3.77. The van der Waals surface area contributed by atoms with Gasteiger partial charge in [0.1, 0.15) is 5.75 Å². The predicted octanol–water partition coefficient (Wildman–Crippen LogP) is 1.72. The summed E-state index contributed by atoms with van der Waals surface area (Å²) in [5, 5.41) is 10.5. The van der Waals surface area contributed by atoms with E-state index in [2.05, 4.69) is 0 Å². The third-order valence-electron chi connectivity index (χ3n) is 2.53. The number of nitrogens with zero attached hydrogens (tertiary/aromatic N) is 2. The van der Waals surface area contributed by atoms with Crippen LogP contribution in [0.4, 0.5) is 10.5 Å². The molecule has 1 heterocycles. The van der Waals surface area contributed by atoms with Crippen molar-refractivity contribution in [1.29, 1.82) is 0 Å². The van der Waals surface area contributed by atoms with E-state index in [0.29, 0.717) is 19.4 Å². The van der Waals surface area contributed by atoms with Crippen molar-refractivity contribution in [2.45, 2.75) is 12.8 Å². The highest BCUT2D eigenvalue weighted by Gasteiger charge is 2.28. The first-order valence-electron chi connectivity index (χ1n) is 5.34. The van der Waals surface area contributed by atoms with E-state index in [0.717, 1.165) is 11.0 Å². The van der Waals surface area contributed by atoms with Gasteiger partial charge in [-0.3, -0.25) is 14.9 Å². The number of likely N-dealkylation sites (tertiary alicyclic amines) is 1. The second kappa shape index (κ2) is 4.82. The molecule has 0 radical (unpaired) electrons. The van der Waals surface area contributed by atoms with Crippen LogP contribution < -0.4 is 4.74 Å². The maximum Gasteiger partial charge on any atom is 0.421 e. The lowest BCUT2D eigenvalue weighted by atomic mass is 10.3. The zero-order valence-corrected chi connectivity index (χ0v) is 9.37. The average molecular weight is 250 g/mol. The normalized spacial score (nSPS) is 14.7. The van der Waals surface area contributed by atoms with Gasteiger partial charge in [-0.05, 0) is 12.5 Å². The molecule has 0 saturated carbocycles. The van der Waals surface area contributed by atoms with Crippen LogP contribution in [-0.4, -0.2) is 28.4 Å². The monoisotopic (exact) mass is 250 g/mol. The van der Waals surface area contributed by atoms with Crippen LogP contribution in [0.2, 0.25) is 0 Å². The molecule has 18 heavy (non-hydrogen) atoms. The van der Waals surface area contributed by atoms with Gasteiger partial charge in [0, 0.05) is 19.0 Å². The van der Waals surface area contributed by atoms with Gasteiger partial charge < -0.3 is 4.74 Å². The van der Waals surface area contributed by atoms with Crippen LogP contribution in [0.25, 0.3) is 0 Å². The van der Waals surface area contributed by atoms with Crippen molar-refractivity contribution in [3.63, 3.8) is 0 Å². The zero-order valence-electron chi connectivity index (χ0n) is 9.37. The van der Waals surface area contributed by atoms with Crippen molar-refractivity contribution in [3.8, 4) is 5.75 Å². The SMILES string of the molecule is O=C1CCCN1C(=O)Oc1cccc([N+](=O)[O-])c1. The van der Waals surface area contributed by atoms with Gasteiger partial charge >= 0.3 is 6.09 Å². The summed E-state index contributed by atoms with van der Waals surface area (Å²) in [6.45, 7) is 0.326. The zero-order chi connectivity index (χ0) is 13.1. The molecule has 2 rings (SSSR count). The van der Waals surface area contributed by atoms with Gasteiger partial charge in [-0.2, -0.15) is 0 Å². The fourth-order valence-corrected chi connectivity index (χ4v) is 1.66. The summed E-state index contributed by atoms with van der Waals surface area (Å²) in [6, 6.07) is 5.26. The van der Waals surface area contributed by atoms with Crippen molar-refractivity contribution in [2.75, 3.05) is 6.54 Å². The largest absolute Gasteiger partial charge is 0.421 e. The van der Waals surface area contributed by atoms with Crippen molar-refractivity contribution < 1.29 is 19.2 Å². The topological polar surface area (TPSA) is 89.8 Å². The van der Waals surface area contributed by atoms with Crippen LogP contribution in [-0.2, 0) is 4.79 Å². The molecule has 1 fully saturated rings. The number of hydrogen-bond donors (Lipinski definition) is 0. The fourth-order valence-electron chi connectivity index (χ4n) is 1.66. The first-order valence-corrected chi connectivity index (χ1v) is 5.34. The van der Waals surface area contributed by atoms with Gasteiger partial charge in [-0.25, -0.2) is 9.69 Å². The third kappa shape index (κ3) is 2.45. The molecule has 0 aromatic heterocycles. The van der Waals surface area contributed by atoms with Crippen molar-refractivity contribution >= 4 is 17.7 Å². The van der Waals surface area contributed by atoms with Gasteiger partial charge in [-0.15, -0.1) is 0 Å². The molecule has 1 aromatic rings. The van der Waals surface area contributed by atoms with E-state index in [1.807, 2.05) is 0 Å². The number of nitro groups is 1. The molecule has 2 amide bonds. The van der Waals surface area contributed by atoms with Crippen molar-refractivity contribution in [1.82, 2.24) is 4.90 Å². The molecular weight excluding hydrogens is 240 g/mol. The Balaban J connectivity index is 2.09. The minimum absolute atomic E-state index is 0.0499. The highest BCUT2D eigenvalue weighted by Crippen LogP contribution is 2.20. The average Bonchev–Trinajstić information content (AvgIpc) is 2.76. The van der Waals surface area contributed by atoms with Gasteiger partial charge in [0.05, 0.1) is 11.0 Å². The molecule has 7 nitrogen and oxygen atoms in total. The third-order valence-corrected chi connectivity index (χ3v) is 2.53. The Morgan fingerprint density at radius 2 is 2.22 bits per heavy atom. The van der Waals surface area contributed by atoms with Crippen LogP contribution in [0.5, 0.6) is 5.75 Å². The fraction of sp³-hybridized carbons (Fsp3) is 0.273. The van der Waals surface area contributed by atoms with Gasteiger partial charge in [-0.1, -0.05) is 6.07 Å². The number of carbonyl (C=O) groups excluding carboxylic acids is 2. The van der Waals surface area contributed by atoms with Crippen LogP contribution in [0.3, 0.4) is 0 Å². The Bertz CT molecular complexity index is 514. The Morgan fingerprint density at radius 3 is 2.83 bits per heavy atom. The molecule has 0 N–H and O–H groups in total. The number of hydrogen-bond acceptors (Lipinski definition) is 5. The van der Waals surface area contributed by atoms with Crippen LogP contribution in [0, 0.1) is 10.1 Å². The number of benzene rings is 1. The Labute approximate surface area is 102 Å². The summed E-state index contributed by atoms with van der Waals surface area (Å²) >= 11 is 0. The molecular formula is C11H10N2O5. The highest BCUT2D eigenvalue weighted by atomic mass is 16.6. The summed E-state index contributed by atoms with van der Waals surface area (Å²) in [5.41, 5.74) is -0.173. The Hall–Kier alpha value is -2.44. The number of nitro benzene ring substituents is 1. The molecule has 0 spiro atoms. The summed E-state index contributed by atoms with van der Waals surface area (Å²) in [6.07, 6.45) is 0.144. The van der Waals surface area contributed by atoms with E-state index >= 15 is 0 Å². The molecule has 0 aliphatic carbocycles.